The molecular weight excluding hydrogens is 388 g/mol. The van der Waals surface area contributed by atoms with E-state index >= 15 is 0 Å². The monoisotopic (exact) mass is 418 g/mol. The van der Waals surface area contributed by atoms with Gasteiger partial charge in [0.25, 0.3) is 0 Å². The van der Waals surface area contributed by atoms with Crippen molar-refractivity contribution < 1.29 is 14.4 Å². The van der Waals surface area contributed by atoms with Crippen molar-refractivity contribution in [3.63, 3.8) is 0 Å². The summed E-state index contributed by atoms with van der Waals surface area (Å²) in [6.45, 7) is 7.88. The Balaban J connectivity index is 1.56. The van der Waals surface area contributed by atoms with E-state index in [1.807, 2.05) is 54.2 Å². The van der Waals surface area contributed by atoms with Crippen LogP contribution in [0.2, 0.25) is 0 Å². The Morgan fingerprint density at radius 1 is 1.03 bits per heavy atom. The number of carbonyl (C=O) groups is 3. The summed E-state index contributed by atoms with van der Waals surface area (Å²) in [5, 5.41) is 0. The highest BCUT2D eigenvalue weighted by atomic mass is 32.2. The second-order valence-corrected chi connectivity index (χ2v) is 8.25. The van der Waals surface area contributed by atoms with Crippen LogP contribution in [-0.4, -0.2) is 84.6 Å². The molecule has 7 nitrogen and oxygen atoms in total. The Morgan fingerprint density at radius 2 is 1.62 bits per heavy atom. The van der Waals surface area contributed by atoms with Gasteiger partial charge in [-0.2, -0.15) is 0 Å². The predicted octanol–water partition coefficient (Wildman–Crippen LogP) is 2.37. The van der Waals surface area contributed by atoms with Crippen molar-refractivity contribution in [3.8, 4) is 0 Å². The molecule has 0 saturated carbocycles. The molecule has 1 aromatic carbocycles. The van der Waals surface area contributed by atoms with Crippen molar-refractivity contribution in [1.82, 2.24) is 14.7 Å². The summed E-state index contributed by atoms with van der Waals surface area (Å²) in [7, 11) is 0. The Labute approximate surface area is 177 Å². The van der Waals surface area contributed by atoms with Gasteiger partial charge in [-0.25, -0.2) is 4.79 Å². The van der Waals surface area contributed by atoms with E-state index in [0.717, 1.165) is 10.6 Å². The number of benzene rings is 1. The first-order chi connectivity index (χ1) is 14.0. The molecule has 29 heavy (non-hydrogen) atoms. The summed E-state index contributed by atoms with van der Waals surface area (Å²) in [4.78, 5) is 46.2. The van der Waals surface area contributed by atoms with E-state index in [4.69, 9.17) is 0 Å². The largest absolute Gasteiger partial charge is 0.339 e. The zero-order valence-corrected chi connectivity index (χ0v) is 18.3. The maximum Gasteiger partial charge on any atom is 0.320 e. The Kier molecular flexibility index (Phi) is 7.05. The zero-order chi connectivity index (χ0) is 21.0. The minimum Gasteiger partial charge on any atom is -0.339 e. The van der Waals surface area contributed by atoms with Gasteiger partial charge in [0.2, 0.25) is 11.8 Å². The lowest BCUT2D eigenvalue weighted by Gasteiger charge is -2.38. The molecule has 0 aliphatic carbocycles. The van der Waals surface area contributed by atoms with E-state index in [-0.39, 0.29) is 30.2 Å². The van der Waals surface area contributed by atoms with E-state index in [1.54, 1.807) is 21.6 Å². The summed E-state index contributed by atoms with van der Waals surface area (Å²) >= 11 is 1.66. The quantitative estimate of drug-likeness (QED) is 0.689. The first-order valence-electron chi connectivity index (χ1n) is 10.3. The van der Waals surface area contributed by atoms with Crippen molar-refractivity contribution in [1.29, 1.82) is 0 Å². The van der Waals surface area contributed by atoms with Crippen LogP contribution >= 0.6 is 11.8 Å². The fraction of sp³-hybridized carbons (Fsp3) is 0.571. The van der Waals surface area contributed by atoms with Gasteiger partial charge in [0.05, 0.1) is 5.92 Å². The van der Waals surface area contributed by atoms with Gasteiger partial charge >= 0.3 is 6.03 Å². The molecule has 2 fully saturated rings. The number of nitrogens with zero attached hydrogens (tertiary/aromatic N) is 4. The number of piperazine rings is 1. The molecule has 2 saturated heterocycles. The van der Waals surface area contributed by atoms with Crippen LogP contribution in [0.3, 0.4) is 0 Å². The molecule has 0 N–H and O–H groups in total. The summed E-state index contributed by atoms with van der Waals surface area (Å²) in [5.74, 6) is -0.292. The first-order valence-corrected chi connectivity index (χ1v) is 11.5. The highest BCUT2D eigenvalue weighted by molar-refractivity contribution is 7.98. The smallest absolute Gasteiger partial charge is 0.320 e. The SMILES string of the molecule is CCN(CC)C(=O)N1CCN(C(=O)C2CC(=O)N(c3ccc(SC)cc3)C2)CC1. The maximum absolute atomic E-state index is 13.0. The zero-order valence-electron chi connectivity index (χ0n) is 17.5. The number of anilines is 1. The van der Waals surface area contributed by atoms with Gasteiger partial charge in [-0.05, 0) is 44.4 Å². The van der Waals surface area contributed by atoms with E-state index < -0.39 is 0 Å². The molecule has 1 atom stereocenters. The van der Waals surface area contributed by atoms with Crippen molar-refractivity contribution in [2.45, 2.75) is 25.2 Å². The van der Waals surface area contributed by atoms with Gasteiger partial charge in [0.15, 0.2) is 0 Å². The summed E-state index contributed by atoms with van der Waals surface area (Å²) in [6, 6.07) is 7.91. The highest BCUT2D eigenvalue weighted by Crippen LogP contribution is 2.28. The second-order valence-electron chi connectivity index (χ2n) is 7.37. The molecule has 4 amide bonds. The van der Waals surface area contributed by atoms with Crippen LogP contribution in [0.25, 0.3) is 0 Å². The Bertz CT molecular complexity index is 743. The summed E-state index contributed by atoms with van der Waals surface area (Å²) in [6.07, 6.45) is 2.27. The summed E-state index contributed by atoms with van der Waals surface area (Å²) in [5.41, 5.74) is 0.845. The third-order valence-electron chi connectivity index (χ3n) is 5.75. The van der Waals surface area contributed by atoms with Crippen LogP contribution in [0.5, 0.6) is 0 Å². The molecule has 1 aromatic rings. The highest BCUT2D eigenvalue weighted by Gasteiger charge is 2.38. The molecule has 2 aliphatic heterocycles. The van der Waals surface area contributed by atoms with E-state index in [9.17, 15) is 14.4 Å². The van der Waals surface area contributed by atoms with Gasteiger partial charge in [-0.3, -0.25) is 9.59 Å². The topological polar surface area (TPSA) is 64.2 Å². The lowest BCUT2D eigenvalue weighted by atomic mass is 10.1. The molecule has 0 radical (unpaired) electrons. The van der Waals surface area contributed by atoms with E-state index in [1.165, 1.54) is 0 Å². The number of amides is 4. The lowest BCUT2D eigenvalue weighted by Crippen LogP contribution is -2.55. The number of thioether (sulfide) groups is 1. The van der Waals surface area contributed by atoms with Crippen molar-refractivity contribution in [3.05, 3.63) is 24.3 Å². The van der Waals surface area contributed by atoms with Gasteiger partial charge in [0.1, 0.15) is 0 Å². The second kappa shape index (κ2) is 9.52. The third kappa shape index (κ3) is 4.69. The minimum atomic E-state index is -0.312. The molecule has 2 aliphatic rings. The molecule has 2 heterocycles. The average Bonchev–Trinajstić information content (AvgIpc) is 3.15. The molecule has 8 heteroatoms. The predicted molar refractivity (Wildman–Crippen MR) is 115 cm³/mol. The number of hydrogen-bond donors (Lipinski definition) is 0. The maximum atomic E-state index is 13.0. The fourth-order valence-electron chi connectivity index (χ4n) is 3.96. The summed E-state index contributed by atoms with van der Waals surface area (Å²) < 4.78 is 0. The number of rotatable bonds is 5. The number of carbonyl (C=O) groups excluding carboxylic acids is 3. The van der Waals surface area contributed by atoms with Gasteiger partial charge in [-0.15, -0.1) is 11.8 Å². The average molecular weight is 419 g/mol. The Hall–Kier alpha value is -2.22. The van der Waals surface area contributed by atoms with Crippen LogP contribution in [0.4, 0.5) is 10.5 Å². The molecule has 158 valence electrons. The normalized spacial score (nSPS) is 19.6. The molecule has 0 aromatic heterocycles. The van der Waals surface area contributed by atoms with Crippen LogP contribution in [-0.2, 0) is 9.59 Å². The van der Waals surface area contributed by atoms with Crippen molar-refractivity contribution in [2.75, 3.05) is 57.0 Å². The van der Waals surface area contributed by atoms with Gasteiger partial charge in [0, 0.05) is 62.8 Å². The van der Waals surface area contributed by atoms with Crippen molar-refractivity contribution >= 4 is 35.3 Å². The number of hydrogen-bond acceptors (Lipinski definition) is 4. The van der Waals surface area contributed by atoms with Crippen LogP contribution < -0.4 is 4.90 Å². The fourth-order valence-corrected chi connectivity index (χ4v) is 4.36. The van der Waals surface area contributed by atoms with Crippen LogP contribution in [0, 0.1) is 5.92 Å². The van der Waals surface area contributed by atoms with Gasteiger partial charge < -0.3 is 19.6 Å². The molecule has 3 rings (SSSR count). The third-order valence-corrected chi connectivity index (χ3v) is 6.50. The van der Waals surface area contributed by atoms with Crippen LogP contribution in [0.15, 0.2) is 29.2 Å². The van der Waals surface area contributed by atoms with E-state index in [2.05, 4.69) is 0 Å². The number of urea groups is 1. The minimum absolute atomic E-state index is 0.00408. The lowest BCUT2D eigenvalue weighted by molar-refractivity contribution is -0.137. The standard InChI is InChI=1S/C21H30N4O3S/c1-4-22(5-2)21(28)24-12-10-23(11-13-24)20(27)16-14-19(26)25(15-16)17-6-8-18(29-3)9-7-17/h6-9,16H,4-5,10-15H2,1-3H3. The molecular formula is C21H30N4O3S. The Morgan fingerprint density at radius 3 is 2.17 bits per heavy atom. The van der Waals surface area contributed by atoms with E-state index in [0.29, 0.717) is 45.8 Å². The van der Waals surface area contributed by atoms with Crippen LogP contribution in [0.1, 0.15) is 20.3 Å². The molecule has 0 bridgehead atoms. The van der Waals surface area contributed by atoms with Gasteiger partial charge in [-0.1, -0.05) is 0 Å². The molecule has 1 unspecified atom stereocenters. The molecule has 0 spiro atoms. The van der Waals surface area contributed by atoms with Crippen molar-refractivity contribution in [2.24, 2.45) is 5.92 Å². The first kappa shape index (κ1) is 21.5.